The SMILES string of the molecule is CCCC#C[B-](OC)(OC)OC.[Li+]. The summed E-state index contributed by atoms with van der Waals surface area (Å²) in [5.41, 5.74) is 0. The van der Waals surface area contributed by atoms with Crippen LogP contribution in [0.5, 0.6) is 0 Å². The van der Waals surface area contributed by atoms with Crippen LogP contribution >= 0.6 is 0 Å². The molecule has 0 bridgehead atoms. The van der Waals surface area contributed by atoms with Gasteiger partial charge in [-0.15, -0.1) is 5.92 Å². The molecule has 0 radical (unpaired) electrons. The van der Waals surface area contributed by atoms with Gasteiger partial charge in [-0.25, -0.2) is 5.82 Å². The van der Waals surface area contributed by atoms with E-state index in [-0.39, 0.29) is 18.9 Å². The molecule has 0 aromatic rings. The van der Waals surface area contributed by atoms with Crippen LogP contribution in [0.4, 0.5) is 0 Å². The summed E-state index contributed by atoms with van der Waals surface area (Å²) < 4.78 is 15.1. The van der Waals surface area contributed by atoms with Gasteiger partial charge in [0.2, 0.25) is 0 Å². The van der Waals surface area contributed by atoms with Gasteiger partial charge in [0.15, 0.2) is 0 Å². The summed E-state index contributed by atoms with van der Waals surface area (Å²) in [6, 6.07) is 0. The molecule has 0 rings (SSSR count). The topological polar surface area (TPSA) is 27.7 Å². The van der Waals surface area contributed by atoms with Crippen molar-refractivity contribution in [2.24, 2.45) is 0 Å². The van der Waals surface area contributed by atoms with Crippen molar-refractivity contribution in [2.45, 2.75) is 19.8 Å². The minimum absolute atomic E-state index is 0. The van der Waals surface area contributed by atoms with Crippen LogP contribution in [0.25, 0.3) is 0 Å². The monoisotopic (exact) mass is 178 g/mol. The Morgan fingerprint density at radius 3 is 1.85 bits per heavy atom. The van der Waals surface area contributed by atoms with Crippen molar-refractivity contribution >= 4 is 6.75 Å². The van der Waals surface area contributed by atoms with Crippen molar-refractivity contribution in [2.75, 3.05) is 21.3 Å². The summed E-state index contributed by atoms with van der Waals surface area (Å²) in [7, 11) is 4.56. The fourth-order valence-corrected chi connectivity index (χ4v) is 0.788. The quantitative estimate of drug-likeness (QED) is 0.376. The number of hydrogen-bond acceptors (Lipinski definition) is 3. The van der Waals surface area contributed by atoms with Crippen molar-refractivity contribution in [1.82, 2.24) is 0 Å². The third kappa shape index (κ3) is 5.42. The molecule has 0 aliphatic heterocycles. The van der Waals surface area contributed by atoms with Crippen molar-refractivity contribution in [3.63, 3.8) is 0 Å². The Kier molecular flexibility index (Phi) is 10.4. The Balaban J connectivity index is 0. The van der Waals surface area contributed by atoms with Crippen LogP contribution in [0.1, 0.15) is 19.8 Å². The molecule has 0 aliphatic carbocycles. The number of unbranched alkanes of at least 4 members (excludes halogenated alkanes) is 1. The van der Waals surface area contributed by atoms with E-state index in [1.807, 2.05) is 0 Å². The van der Waals surface area contributed by atoms with Crippen molar-refractivity contribution < 1.29 is 32.8 Å². The minimum atomic E-state index is -1.83. The molecule has 0 heterocycles. The third-order valence-corrected chi connectivity index (χ3v) is 1.58. The first-order valence-corrected chi connectivity index (χ1v) is 4.03. The fraction of sp³-hybridized carbons (Fsp3) is 0.750. The molecule has 0 N–H and O–H groups in total. The molecule has 0 spiro atoms. The van der Waals surface area contributed by atoms with Gasteiger partial charge < -0.3 is 14.0 Å². The molecule has 0 aromatic heterocycles. The van der Waals surface area contributed by atoms with E-state index in [1.165, 1.54) is 21.3 Å². The van der Waals surface area contributed by atoms with Gasteiger partial charge in [0.1, 0.15) is 0 Å². The second-order valence-electron chi connectivity index (χ2n) is 2.42. The van der Waals surface area contributed by atoms with Gasteiger partial charge in [0.05, 0.1) is 0 Å². The van der Waals surface area contributed by atoms with Crippen LogP contribution in [0.3, 0.4) is 0 Å². The molecule has 0 aromatic carbocycles. The molecule has 0 saturated carbocycles. The second kappa shape index (κ2) is 8.69. The van der Waals surface area contributed by atoms with E-state index in [2.05, 4.69) is 18.7 Å². The number of rotatable bonds is 4. The molecule has 0 atom stereocenters. The molecule has 0 saturated heterocycles. The van der Waals surface area contributed by atoms with E-state index in [0.717, 1.165) is 12.8 Å². The molecule has 13 heavy (non-hydrogen) atoms. The van der Waals surface area contributed by atoms with Crippen LogP contribution in [0.2, 0.25) is 0 Å². The average Bonchev–Trinajstić information content (AvgIpc) is 2.14. The maximum absolute atomic E-state index is 5.03. The van der Waals surface area contributed by atoms with E-state index in [0.29, 0.717) is 0 Å². The summed E-state index contributed by atoms with van der Waals surface area (Å²) in [4.78, 5) is 0. The van der Waals surface area contributed by atoms with E-state index in [9.17, 15) is 0 Å². The Morgan fingerprint density at radius 2 is 1.54 bits per heavy atom. The summed E-state index contributed by atoms with van der Waals surface area (Å²) in [6.07, 6.45) is 1.86. The van der Waals surface area contributed by atoms with Gasteiger partial charge in [-0.2, -0.15) is 0 Å². The molecule has 5 heteroatoms. The van der Waals surface area contributed by atoms with E-state index in [4.69, 9.17) is 14.0 Å². The first-order chi connectivity index (χ1) is 5.74. The maximum Gasteiger partial charge on any atom is 1.00 e. The normalized spacial score (nSPS) is 9.85. The van der Waals surface area contributed by atoms with Gasteiger partial charge >= 0.3 is 25.6 Å². The van der Waals surface area contributed by atoms with Gasteiger partial charge in [0, 0.05) is 6.42 Å². The van der Waals surface area contributed by atoms with Crippen LogP contribution in [-0.4, -0.2) is 28.1 Å². The molecule has 0 aliphatic rings. The Hall–Kier alpha value is 0.102. The summed E-state index contributed by atoms with van der Waals surface area (Å²) >= 11 is 0. The molecule has 0 amide bonds. The van der Waals surface area contributed by atoms with Crippen LogP contribution in [-0.2, 0) is 14.0 Å². The van der Waals surface area contributed by atoms with Gasteiger partial charge in [-0.3, -0.25) is 0 Å². The molecular formula is C8H16BLiO3. The van der Waals surface area contributed by atoms with E-state index < -0.39 is 6.75 Å². The zero-order valence-corrected chi connectivity index (χ0v) is 9.22. The van der Waals surface area contributed by atoms with Gasteiger partial charge in [-0.05, 0) is 27.8 Å². The summed E-state index contributed by atoms with van der Waals surface area (Å²) in [5, 5.41) is 0. The fourth-order valence-electron chi connectivity index (χ4n) is 0.788. The van der Waals surface area contributed by atoms with Crippen LogP contribution in [0.15, 0.2) is 0 Å². The van der Waals surface area contributed by atoms with Crippen molar-refractivity contribution in [3.05, 3.63) is 0 Å². The van der Waals surface area contributed by atoms with Crippen LogP contribution in [0, 0.1) is 11.7 Å². The second-order valence-corrected chi connectivity index (χ2v) is 2.42. The first-order valence-electron chi connectivity index (χ1n) is 4.03. The largest absolute Gasteiger partial charge is 1.00 e. The molecule has 0 unspecified atom stereocenters. The summed E-state index contributed by atoms with van der Waals surface area (Å²) in [5.74, 6) is 5.76. The zero-order valence-electron chi connectivity index (χ0n) is 9.22. The predicted molar refractivity (Wildman–Crippen MR) is 49.5 cm³/mol. The first kappa shape index (κ1) is 15.6. The van der Waals surface area contributed by atoms with E-state index in [1.54, 1.807) is 0 Å². The standard InChI is InChI=1S/C8H16BO3.Li/c1-5-6-7-8-9(10-2,11-3)12-4;/h5-6H2,1-4H3;/q-1;+1. The predicted octanol–water partition coefficient (Wildman–Crippen LogP) is -1.79. The summed E-state index contributed by atoms with van der Waals surface area (Å²) in [6.45, 7) is 0.236. The van der Waals surface area contributed by atoms with Gasteiger partial charge in [-0.1, -0.05) is 6.92 Å². The maximum atomic E-state index is 5.03. The van der Waals surface area contributed by atoms with Crippen LogP contribution < -0.4 is 18.9 Å². The Labute approximate surface area is 92.7 Å². The smallest absolute Gasteiger partial charge is 0.536 e. The number of hydrogen-bond donors (Lipinski definition) is 0. The van der Waals surface area contributed by atoms with Crippen molar-refractivity contribution in [3.8, 4) is 11.7 Å². The Bertz CT molecular complexity index is 164. The van der Waals surface area contributed by atoms with Crippen molar-refractivity contribution in [1.29, 1.82) is 0 Å². The molecule has 70 valence electrons. The van der Waals surface area contributed by atoms with Gasteiger partial charge in [0.25, 0.3) is 0 Å². The molecular weight excluding hydrogens is 162 g/mol. The minimum Gasteiger partial charge on any atom is -0.536 e. The molecule has 0 fully saturated rings. The Morgan fingerprint density at radius 1 is 1.08 bits per heavy atom. The third-order valence-electron chi connectivity index (χ3n) is 1.58. The molecule has 3 nitrogen and oxygen atoms in total. The van der Waals surface area contributed by atoms with E-state index >= 15 is 0 Å². The zero-order chi connectivity index (χ0) is 9.45. The average molecular weight is 178 g/mol.